The molecular weight excluding hydrogens is 489 g/mol. The van der Waals surface area contributed by atoms with E-state index in [4.69, 9.17) is 13.7 Å². The number of alkyl halides is 3. The topological polar surface area (TPSA) is 94.2 Å². The van der Waals surface area contributed by atoms with Gasteiger partial charge in [0.25, 0.3) is 0 Å². The summed E-state index contributed by atoms with van der Waals surface area (Å²) in [6.07, 6.45) is -3.09. The van der Waals surface area contributed by atoms with E-state index in [2.05, 4.69) is 5.32 Å². The molecule has 35 heavy (non-hydrogen) atoms. The van der Waals surface area contributed by atoms with E-state index in [1.54, 1.807) is 17.9 Å². The normalized spacial score (nSPS) is 16.1. The van der Waals surface area contributed by atoms with Crippen LogP contribution in [0.2, 0.25) is 0 Å². The number of hydrogen-bond acceptors (Lipinski definition) is 6. The minimum Gasteiger partial charge on any atom is -0.493 e. The predicted molar refractivity (Wildman–Crippen MR) is 121 cm³/mol. The molecule has 0 unspecified atom stereocenters. The third-order valence-corrected chi connectivity index (χ3v) is 6.54. The summed E-state index contributed by atoms with van der Waals surface area (Å²) < 4.78 is 80.6. The second-order valence-corrected chi connectivity index (χ2v) is 9.45. The van der Waals surface area contributed by atoms with Crippen LogP contribution in [-0.4, -0.2) is 52.3 Å². The lowest BCUT2D eigenvalue weighted by Crippen LogP contribution is -2.43. The zero-order valence-corrected chi connectivity index (χ0v) is 20.1. The van der Waals surface area contributed by atoms with Crippen molar-refractivity contribution < 1.29 is 40.0 Å². The molecule has 0 aliphatic carbocycles. The van der Waals surface area contributed by atoms with Crippen molar-refractivity contribution in [2.24, 2.45) is 0 Å². The highest BCUT2D eigenvalue weighted by atomic mass is 32.2. The number of hydrogen-bond donors (Lipinski definition) is 1. The number of nitrogens with one attached hydrogen (secondary N) is 1. The van der Waals surface area contributed by atoms with Gasteiger partial charge in [0, 0.05) is 26.2 Å². The first-order valence-corrected chi connectivity index (χ1v) is 12.4. The number of carbonyl (C=O) groups is 1. The van der Waals surface area contributed by atoms with E-state index in [1.165, 1.54) is 19.2 Å². The summed E-state index contributed by atoms with van der Waals surface area (Å²) >= 11 is 0. The van der Waals surface area contributed by atoms with Crippen molar-refractivity contribution in [3.05, 3.63) is 53.6 Å². The highest BCUT2D eigenvalue weighted by molar-refractivity contribution is 7.87. The summed E-state index contributed by atoms with van der Waals surface area (Å²) in [6, 6.07) is 7.46. The van der Waals surface area contributed by atoms with Crippen LogP contribution in [0.25, 0.3) is 0 Å². The maximum Gasteiger partial charge on any atom is 0.416 e. The number of rotatable bonds is 9. The fraction of sp³-hybridized carbons (Fsp3) is 0.435. The third kappa shape index (κ3) is 7.01. The van der Waals surface area contributed by atoms with Gasteiger partial charge in [-0.3, -0.25) is 0 Å². The maximum atomic E-state index is 13.0. The van der Waals surface area contributed by atoms with E-state index in [0.717, 1.165) is 31.0 Å². The van der Waals surface area contributed by atoms with Gasteiger partial charge in [-0.05, 0) is 55.7 Å². The molecule has 12 heteroatoms. The van der Waals surface area contributed by atoms with Crippen LogP contribution in [0.5, 0.6) is 11.5 Å². The molecule has 0 saturated carbocycles. The van der Waals surface area contributed by atoms with E-state index in [9.17, 15) is 26.4 Å². The van der Waals surface area contributed by atoms with Crippen LogP contribution >= 0.6 is 0 Å². The SMILES string of the molecule is CCNC(=O)N(Cc1ccc(OC)c(OS(=O)(=O)c2cccc(C(F)(F)F)c2)c1)C[C@@H]1CCCO1. The second-order valence-electron chi connectivity index (χ2n) is 7.90. The Morgan fingerprint density at radius 1 is 1.20 bits per heavy atom. The number of nitrogens with zero attached hydrogens (tertiary/aromatic N) is 1. The van der Waals surface area contributed by atoms with E-state index < -0.39 is 26.8 Å². The van der Waals surface area contributed by atoms with Crippen molar-refractivity contribution >= 4 is 16.1 Å². The molecular formula is C23H27F3N2O6S. The summed E-state index contributed by atoms with van der Waals surface area (Å²) in [7, 11) is -3.31. The standard InChI is InChI=1S/C23H27F3N2O6S/c1-3-27-22(29)28(15-18-7-5-11-33-18)14-16-9-10-20(32-2)21(12-16)34-35(30,31)19-8-4-6-17(13-19)23(24,25)26/h4,6,8-10,12-13,18H,3,5,7,11,14-15H2,1-2H3,(H,27,29)/t18-/m0/s1. The summed E-state index contributed by atoms with van der Waals surface area (Å²) in [4.78, 5) is 13.5. The molecule has 0 spiro atoms. The molecule has 0 radical (unpaired) electrons. The monoisotopic (exact) mass is 516 g/mol. The number of halogens is 3. The highest BCUT2D eigenvalue weighted by Crippen LogP contribution is 2.34. The van der Waals surface area contributed by atoms with Gasteiger partial charge in [0.1, 0.15) is 4.90 Å². The first kappa shape index (κ1) is 26.6. The fourth-order valence-electron chi connectivity index (χ4n) is 3.62. The largest absolute Gasteiger partial charge is 0.493 e. The molecule has 3 rings (SSSR count). The molecule has 1 heterocycles. The Bertz CT molecular complexity index is 1130. The van der Waals surface area contributed by atoms with Crippen molar-refractivity contribution in [2.75, 3.05) is 26.8 Å². The van der Waals surface area contributed by atoms with Crippen LogP contribution in [0.4, 0.5) is 18.0 Å². The lowest BCUT2D eigenvalue weighted by Gasteiger charge is -2.26. The first-order chi connectivity index (χ1) is 16.5. The molecule has 0 aromatic heterocycles. The van der Waals surface area contributed by atoms with E-state index in [0.29, 0.717) is 31.3 Å². The van der Waals surface area contributed by atoms with E-state index in [1.807, 2.05) is 0 Å². The molecule has 2 aromatic rings. The smallest absolute Gasteiger partial charge is 0.416 e. The van der Waals surface area contributed by atoms with Gasteiger partial charge in [-0.15, -0.1) is 0 Å². The Hall–Kier alpha value is -2.99. The molecule has 1 fully saturated rings. The summed E-state index contributed by atoms with van der Waals surface area (Å²) in [5, 5.41) is 2.74. The van der Waals surface area contributed by atoms with Crippen LogP contribution in [0.15, 0.2) is 47.4 Å². The number of methoxy groups -OCH3 is 1. The Balaban J connectivity index is 1.86. The van der Waals surface area contributed by atoms with Crippen molar-refractivity contribution in [1.29, 1.82) is 0 Å². The van der Waals surface area contributed by atoms with Crippen molar-refractivity contribution in [3.63, 3.8) is 0 Å². The summed E-state index contributed by atoms with van der Waals surface area (Å²) in [5.41, 5.74) is -0.584. The molecule has 2 aromatic carbocycles. The van der Waals surface area contributed by atoms with E-state index >= 15 is 0 Å². The average Bonchev–Trinajstić information content (AvgIpc) is 3.31. The minimum absolute atomic E-state index is 0.0630. The molecule has 0 bridgehead atoms. The third-order valence-electron chi connectivity index (χ3n) is 5.31. The molecule has 1 aliphatic heterocycles. The average molecular weight is 517 g/mol. The first-order valence-electron chi connectivity index (χ1n) is 11.0. The van der Waals surface area contributed by atoms with Crippen LogP contribution in [-0.2, 0) is 27.6 Å². The van der Waals surface area contributed by atoms with Gasteiger partial charge in [0.15, 0.2) is 11.5 Å². The number of ether oxygens (including phenoxy) is 2. The zero-order chi connectivity index (χ0) is 25.6. The zero-order valence-electron chi connectivity index (χ0n) is 19.3. The molecule has 1 atom stereocenters. The Labute approximate surface area is 202 Å². The van der Waals surface area contributed by atoms with Crippen molar-refractivity contribution in [1.82, 2.24) is 10.2 Å². The number of urea groups is 1. The van der Waals surface area contributed by atoms with Gasteiger partial charge in [-0.2, -0.15) is 21.6 Å². The molecule has 1 N–H and O–H groups in total. The fourth-order valence-corrected chi connectivity index (χ4v) is 4.60. The van der Waals surface area contributed by atoms with Gasteiger partial charge in [0.2, 0.25) is 0 Å². The summed E-state index contributed by atoms with van der Waals surface area (Å²) in [6.45, 7) is 3.31. The van der Waals surface area contributed by atoms with Crippen LogP contribution < -0.4 is 14.2 Å². The van der Waals surface area contributed by atoms with Crippen LogP contribution in [0, 0.1) is 0 Å². The Kier molecular flexibility index (Phi) is 8.49. The maximum absolute atomic E-state index is 13.0. The van der Waals surface area contributed by atoms with Gasteiger partial charge in [-0.25, -0.2) is 4.79 Å². The highest BCUT2D eigenvalue weighted by Gasteiger charge is 2.32. The van der Waals surface area contributed by atoms with Crippen LogP contribution in [0.3, 0.4) is 0 Å². The van der Waals surface area contributed by atoms with E-state index in [-0.39, 0.29) is 30.2 Å². The minimum atomic E-state index is -4.71. The molecule has 1 aliphatic rings. The molecule has 1 saturated heterocycles. The molecule has 2 amide bonds. The molecule has 8 nitrogen and oxygen atoms in total. The van der Waals surface area contributed by atoms with Crippen molar-refractivity contribution in [3.8, 4) is 11.5 Å². The second kappa shape index (κ2) is 11.2. The Morgan fingerprint density at radius 3 is 2.60 bits per heavy atom. The number of benzene rings is 2. The predicted octanol–water partition coefficient (Wildman–Crippen LogP) is 4.19. The number of amides is 2. The Morgan fingerprint density at radius 2 is 1.97 bits per heavy atom. The lowest BCUT2D eigenvalue weighted by atomic mass is 10.1. The quantitative estimate of drug-likeness (QED) is 0.503. The van der Waals surface area contributed by atoms with Crippen LogP contribution in [0.1, 0.15) is 30.9 Å². The van der Waals surface area contributed by atoms with Gasteiger partial charge < -0.3 is 23.9 Å². The van der Waals surface area contributed by atoms with Gasteiger partial charge >= 0.3 is 22.3 Å². The summed E-state index contributed by atoms with van der Waals surface area (Å²) in [5.74, 6) is -0.150. The lowest BCUT2D eigenvalue weighted by molar-refractivity contribution is -0.137. The van der Waals surface area contributed by atoms with Gasteiger partial charge in [0.05, 0.1) is 18.8 Å². The van der Waals surface area contributed by atoms with Crippen molar-refractivity contribution in [2.45, 2.75) is 43.5 Å². The van der Waals surface area contributed by atoms with Gasteiger partial charge in [-0.1, -0.05) is 12.1 Å². The number of carbonyl (C=O) groups excluding carboxylic acids is 1. The molecule has 192 valence electrons.